The highest BCUT2D eigenvalue weighted by Gasteiger charge is 2.11. The monoisotopic (exact) mass is 308 g/mol. The van der Waals surface area contributed by atoms with Crippen LogP contribution >= 0.6 is 11.6 Å². The fraction of sp³-hybridized carbons (Fsp3) is 0.286. The Morgan fingerprint density at radius 2 is 2.00 bits per heavy atom. The first-order valence-corrected chi connectivity index (χ1v) is 6.71. The minimum atomic E-state index is -0.395. The van der Waals surface area contributed by atoms with Crippen molar-refractivity contribution >= 4 is 29.1 Å². The van der Waals surface area contributed by atoms with Gasteiger partial charge in [-0.1, -0.05) is 11.6 Å². The summed E-state index contributed by atoms with van der Waals surface area (Å²) >= 11 is 6.03. The zero-order valence-corrected chi connectivity index (χ0v) is 13.1. The fourth-order valence-electron chi connectivity index (χ4n) is 1.82. The second-order valence-corrected chi connectivity index (χ2v) is 5.08. The number of rotatable bonds is 3. The van der Waals surface area contributed by atoms with E-state index in [2.05, 4.69) is 15.7 Å². The minimum absolute atomic E-state index is 0.395. The van der Waals surface area contributed by atoms with Crippen LogP contribution in [0.1, 0.15) is 11.3 Å². The number of hydrogen-bond acceptors (Lipinski definition) is 3. The van der Waals surface area contributed by atoms with Crippen molar-refractivity contribution in [3.63, 3.8) is 0 Å². The standard InChI is InChI=1S/C14H17ClN4O2/c1-8-5-11(12(21-4)7-10(8)15)16-14(20)17-13-6-9(2)19(3)18-13/h5-7H,1-4H3,(H2,16,17,18,20). The molecule has 0 fully saturated rings. The van der Waals surface area contributed by atoms with Gasteiger partial charge in [-0.2, -0.15) is 5.10 Å². The average Bonchev–Trinajstić information content (AvgIpc) is 2.72. The van der Waals surface area contributed by atoms with Gasteiger partial charge in [0.15, 0.2) is 5.82 Å². The van der Waals surface area contributed by atoms with Gasteiger partial charge in [0, 0.05) is 29.9 Å². The van der Waals surface area contributed by atoms with Crippen molar-refractivity contribution in [2.24, 2.45) is 7.05 Å². The lowest BCUT2D eigenvalue weighted by atomic mass is 10.2. The number of hydrogen-bond donors (Lipinski definition) is 2. The van der Waals surface area contributed by atoms with Gasteiger partial charge in [0.25, 0.3) is 0 Å². The first kappa shape index (κ1) is 15.2. The average molecular weight is 309 g/mol. The van der Waals surface area contributed by atoms with E-state index in [0.29, 0.717) is 22.3 Å². The van der Waals surface area contributed by atoms with Crippen LogP contribution in [0.5, 0.6) is 5.75 Å². The topological polar surface area (TPSA) is 68.2 Å². The molecular formula is C14H17ClN4O2. The van der Waals surface area contributed by atoms with Crippen LogP contribution in [0.2, 0.25) is 5.02 Å². The summed E-state index contributed by atoms with van der Waals surface area (Å²) in [5, 5.41) is 10.1. The molecule has 7 heteroatoms. The van der Waals surface area contributed by atoms with E-state index in [4.69, 9.17) is 16.3 Å². The number of methoxy groups -OCH3 is 1. The summed E-state index contributed by atoms with van der Waals surface area (Å²) in [4.78, 5) is 12.0. The van der Waals surface area contributed by atoms with Crippen molar-refractivity contribution in [3.05, 3.63) is 34.5 Å². The molecule has 0 atom stereocenters. The van der Waals surface area contributed by atoms with E-state index >= 15 is 0 Å². The summed E-state index contributed by atoms with van der Waals surface area (Å²) in [6.07, 6.45) is 0. The third-order valence-electron chi connectivity index (χ3n) is 3.08. The molecule has 0 aliphatic heterocycles. The summed E-state index contributed by atoms with van der Waals surface area (Å²) in [6.45, 7) is 3.76. The van der Waals surface area contributed by atoms with Crippen molar-refractivity contribution in [2.45, 2.75) is 13.8 Å². The second kappa shape index (κ2) is 6.05. The number of carbonyl (C=O) groups excluding carboxylic acids is 1. The summed E-state index contributed by atoms with van der Waals surface area (Å²) in [7, 11) is 3.33. The number of carbonyl (C=O) groups is 1. The smallest absolute Gasteiger partial charge is 0.325 e. The quantitative estimate of drug-likeness (QED) is 0.913. The number of amides is 2. The maximum atomic E-state index is 12.0. The molecule has 6 nitrogen and oxygen atoms in total. The lowest BCUT2D eigenvalue weighted by Crippen LogP contribution is -2.20. The number of nitrogens with one attached hydrogen (secondary N) is 2. The SMILES string of the molecule is COc1cc(Cl)c(C)cc1NC(=O)Nc1cc(C)n(C)n1. The van der Waals surface area contributed by atoms with E-state index in [-0.39, 0.29) is 0 Å². The molecule has 0 aliphatic rings. The van der Waals surface area contributed by atoms with Crippen LogP contribution in [0.25, 0.3) is 0 Å². The molecule has 21 heavy (non-hydrogen) atoms. The molecule has 112 valence electrons. The van der Waals surface area contributed by atoms with Gasteiger partial charge in [0.05, 0.1) is 12.8 Å². The molecule has 1 heterocycles. The molecule has 0 aliphatic carbocycles. The van der Waals surface area contributed by atoms with Gasteiger partial charge in [-0.3, -0.25) is 10.00 Å². The normalized spacial score (nSPS) is 10.3. The Bertz CT molecular complexity index is 662. The molecule has 0 unspecified atom stereocenters. The van der Waals surface area contributed by atoms with Crippen molar-refractivity contribution < 1.29 is 9.53 Å². The Labute approximate surface area is 128 Å². The Kier molecular flexibility index (Phi) is 4.37. The Hall–Kier alpha value is -2.21. The van der Waals surface area contributed by atoms with Gasteiger partial charge in [-0.05, 0) is 25.5 Å². The summed E-state index contributed by atoms with van der Waals surface area (Å²) in [5.74, 6) is 0.982. The number of ether oxygens (including phenoxy) is 1. The third kappa shape index (κ3) is 3.46. The molecule has 0 bridgehead atoms. The molecule has 0 radical (unpaired) electrons. The van der Waals surface area contributed by atoms with Crippen LogP contribution in [0, 0.1) is 13.8 Å². The number of aromatic nitrogens is 2. The Morgan fingerprint density at radius 3 is 2.57 bits per heavy atom. The lowest BCUT2D eigenvalue weighted by molar-refractivity contribution is 0.262. The number of benzene rings is 1. The lowest BCUT2D eigenvalue weighted by Gasteiger charge is -2.12. The van der Waals surface area contributed by atoms with E-state index in [1.165, 1.54) is 7.11 Å². The number of halogens is 1. The van der Waals surface area contributed by atoms with E-state index in [1.54, 1.807) is 22.9 Å². The van der Waals surface area contributed by atoms with Crippen molar-refractivity contribution in [1.82, 2.24) is 9.78 Å². The van der Waals surface area contributed by atoms with Crippen LogP contribution in [-0.4, -0.2) is 22.9 Å². The predicted octanol–water partition coefficient (Wildman–Crippen LogP) is 3.34. The summed E-state index contributed by atoms with van der Waals surface area (Å²) in [6, 6.07) is 4.80. The zero-order chi connectivity index (χ0) is 15.6. The highest BCUT2D eigenvalue weighted by Crippen LogP contribution is 2.30. The van der Waals surface area contributed by atoms with E-state index in [1.807, 2.05) is 20.9 Å². The molecular weight excluding hydrogens is 292 g/mol. The Balaban J connectivity index is 2.14. The fourth-order valence-corrected chi connectivity index (χ4v) is 1.98. The third-order valence-corrected chi connectivity index (χ3v) is 3.49. The summed E-state index contributed by atoms with van der Waals surface area (Å²) in [5.41, 5.74) is 2.34. The molecule has 0 saturated carbocycles. The van der Waals surface area contributed by atoms with E-state index < -0.39 is 6.03 Å². The second-order valence-electron chi connectivity index (χ2n) is 4.68. The van der Waals surface area contributed by atoms with Gasteiger partial charge < -0.3 is 10.1 Å². The molecule has 1 aromatic carbocycles. The minimum Gasteiger partial charge on any atom is -0.495 e. The van der Waals surface area contributed by atoms with E-state index in [0.717, 1.165) is 11.3 Å². The largest absolute Gasteiger partial charge is 0.495 e. The maximum Gasteiger partial charge on any atom is 0.325 e. The van der Waals surface area contributed by atoms with Crippen molar-refractivity contribution in [2.75, 3.05) is 17.7 Å². The summed E-state index contributed by atoms with van der Waals surface area (Å²) < 4.78 is 6.89. The molecule has 2 rings (SSSR count). The van der Waals surface area contributed by atoms with Gasteiger partial charge in [-0.25, -0.2) is 4.79 Å². The molecule has 1 aromatic heterocycles. The number of nitrogens with zero attached hydrogens (tertiary/aromatic N) is 2. The molecule has 2 aromatic rings. The van der Waals surface area contributed by atoms with Crippen molar-refractivity contribution in [1.29, 1.82) is 0 Å². The molecule has 0 spiro atoms. The van der Waals surface area contributed by atoms with Gasteiger partial charge in [-0.15, -0.1) is 0 Å². The first-order valence-electron chi connectivity index (χ1n) is 6.33. The number of aryl methyl sites for hydroxylation is 3. The van der Waals surface area contributed by atoms with Gasteiger partial charge in [0.2, 0.25) is 0 Å². The van der Waals surface area contributed by atoms with Crippen LogP contribution in [0.3, 0.4) is 0 Å². The molecule has 0 saturated heterocycles. The highest BCUT2D eigenvalue weighted by molar-refractivity contribution is 6.31. The van der Waals surface area contributed by atoms with Crippen LogP contribution < -0.4 is 15.4 Å². The Morgan fingerprint density at radius 1 is 1.29 bits per heavy atom. The van der Waals surface area contributed by atoms with Crippen LogP contribution in [0.15, 0.2) is 18.2 Å². The highest BCUT2D eigenvalue weighted by atomic mass is 35.5. The van der Waals surface area contributed by atoms with Crippen molar-refractivity contribution in [3.8, 4) is 5.75 Å². The predicted molar refractivity (Wildman–Crippen MR) is 83.3 cm³/mol. The number of urea groups is 1. The maximum absolute atomic E-state index is 12.0. The van der Waals surface area contributed by atoms with Crippen LogP contribution in [0.4, 0.5) is 16.3 Å². The first-order chi connectivity index (χ1) is 9.90. The number of anilines is 2. The van der Waals surface area contributed by atoms with E-state index in [9.17, 15) is 4.79 Å². The molecule has 2 amide bonds. The molecule has 2 N–H and O–H groups in total. The van der Waals surface area contributed by atoms with Gasteiger partial charge >= 0.3 is 6.03 Å². The zero-order valence-electron chi connectivity index (χ0n) is 12.3. The van der Waals surface area contributed by atoms with Gasteiger partial charge in [0.1, 0.15) is 5.75 Å². The van der Waals surface area contributed by atoms with Crippen LogP contribution in [-0.2, 0) is 7.05 Å².